The van der Waals surface area contributed by atoms with Gasteiger partial charge < -0.3 is 9.77 Å². The summed E-state index contributed by atoms with van der Waals surface area (Å²) in [6.45, 7) is 2.89. The Morgan fingerprint density at radius 3 is 2.81 bits per heavy atom. The summed E-state index contributed by atoms with van der Waals surface area (Å²) in [5.74, 6) is 1.31. The largest absolute Gasteiger partial charge is 0.618 e. The molecular formula is C17H20N4O3S2. The normalized spacial score (nSPS) is 11.9. The zero-order valence-corrected chi connectivity index (χ0v) is 16.0. The van der Waals surface area contributed by atoms with Crippen LogP contribution in [0, 0.1) is 5.21 Å². The monoisotopic (exact) mass is 392 g/mol. The van der Waals surface area contributed by atoms with Gasteiger partial charge in [-0.25, -0.2) is 18.5 Å². The van der Waals surface area contributed by atoms with E-state index in [4.69, 9.17) is 5.14 Å². The Morgan fingerprint density at radius 1 is 1.31 bits per heavy atom. The van der Waals surface area contributed by atoms with Gasteiger partial charge in [0, 0.05) is 18.7 Å². The molecule has 0 bridgehead atoms. The lowest BCUT2D eigenvalue weighted by Crippen LogP contribution is -2.27. The van der Waals surface area contributed by atoms with Crippen LogP contribution in [0.4, 0.5) is 0 Å². The second-order valence-electron chi connectivity index (χ2n) is 5.88. The average molecular weight is 393 g/mol. The van der Waals surface area contributed by atoms with E-state index in [0.29, 0.717) is 16.3 Å². The predicted molar refractivity (Wildman–Crippen MR) is 101 cm³/mol. The van der Waals surface area contributed by atoms with Gasteiger partial charge in [0.2, 0.25) is 10.0 Å². The number of nitrogens with zero attached hydrogens (tertiary/aromatic N) is 3. The van der Waals surface area contributed by atoms with Gasteiger partial charge >= 0.3 is 0 Å². The lowest BCUT2D eigenvalue weighted by Gasteiger charge is -2.08. The molecule has 0 saturated heterocycles. The maximum Gasteiger partial charge on any atom is 0.251 e. The van der Waals surface area contributed by atoms with Crippen LogP contribution in [-0.2, 0) is 22.3 Å². The number of benzene rings is 1. The Bertz CT molecular complexity index is 1030. The molecule has 26 heavy (non-hydrogen) atoms. The number of hydrogen-bond acceptors (Lipinski definition) is 5. The summed E-state index contributed by atoms with van der Waals surface area (Å²) >= 11 is 1.40. The number of rotatable bonds is 7. The van der Waals surface area contributed by atoms with E-state index in [1.54, 1.807) is 18.2 Å². The molecule has 0 spiro atoms. The molecule has 138 valence electrons. The molecule has 0 saturated carbocycles. The first kappa shape index (κ1) is 18.7. The maximum absolute atomic E-state index is 11.8. The number of fused-ring (bicyclic) bond motifs is 1. The molecule has 9 heteroatoms. The SMILES string of the molecule is CCCCn1c(CSc2cccc[n+]2[O-])nc2cc(S(N)(=O)=O)ccc21. The van der Waals surface area contributed by atoms with E-state index < -0.39 is 10.0 Å². The summed E-state index contributed by atoms with van der Waals surface area (Å²) < 4.78 is 26.1. The molecule has 2 heterocycles. The standard InChI is InChI=1S/C17H20N4O3S2/c1-2-3-9-20-15-8-7-13(26(18,23)24)11-14(15)19-16(20)12-25-17-6-4-5-10-21(17)22/h4-8,10-11H,2-3,9,12H2,1H3,(H2,18,23,24). The van der Waals surface area contributed by atoms with Crippen LogP contribution in [0.3, 0.4) is 0 Å². The van der Waals surface area contributed by atoms with Crippen LogP contribution in [0.25, 0.3) is 11.0 Å². The summed E-state index contributed by atoms with van der Waals surface area (Å²) in [7, 11) is -3.77. The van der Waals surface area contributed by atoms with Crippen molar-refractivity contribution in [2.45, 2.75) is 42.0 Å². The predicted octanol–water partition coefficient (Wildman–Crippen LogP) is 2.41. The Labute approximate surface area is 156 Å². The summed E-state index contributed by atoms with van der Waals surface area (Å²) in [5, 5.41) is 17.6. The molecule has 2 aromatic heterocycles. The molecule has 7 nitrogen and oxygen atoms in total. The average Bonchev–Trinajstić information content (AvgIpc) is 2.95. The highest BCUT2D eigenvalue weighted by Gasteiger charge is 2.16. The van der Waals surface area contributed by atoms with E-state index in [1.807, 2.05) is 6.07 Å². The molecule has 0 aliphatic carbocycles. The first-order chi connectivity index (χ1) is 12.4. The summed E-state index contributed by atoms with van der Waals surface area (Å²) in [4.78, 5) is 4.64. The molecule has 0 unspecified atom stereocenters. The number of aromatic nitrogens is 3. The van der Waals surface area contributed by atoms with E-state index in [0.717, 1.165) is 35.5 Å². The molecule has 2 N–H and O–H groups in total. The third-order valence-corrected chi connectivity index (χ3v) is 5.93. The van der Waals surface area contributed by atoms with Gasteiger partial charge in [0.1, 0.15) is 5.82 Å². The van der Waals surface area contributed by atoms with Crippen LogP contribution in [0.2, 0.25) is 0 Å². The fourth-order valence-corrected chi connectivity index (χ4v) is 4.07. The molecule has 0 radical (unpaired) electrons. The van der Waals surface area contributed by atoms with Crippen LogP contribution in [0.1, 0.15) is 25.6 Å². The number of thioether (sulfide) groups is 1. The van der Waals surface area contributed by atoms with Crippen molar-refractivity contribution in [2.75, 3.05) is 0 Å². The van der Waals surface area contributed by atoms with Gasteiger partial charge in [0.05, 0.1) is 21.7 Å². The number of imidazole rings is 1. The lowest BCUT2D eigenvalue weighted by atomic mass is 10.3. The number of hydrogen-bond donors (Lipinski definition) is 1. The molecule has 0 amide bonds. The van der Waals surface area contributed by atoms with Crippen molar-refractivity contribution < 1.29 is 13.1 Å². The smallest absolute Gasteiger partial charge is 0.251 e. The van der Waals surface area contributed by atoms with E-state index in [9.17, 15) is 13.6 Å². The van der Waals surface area contributed by atoms with Crippen LogP contribution in [0.15, 0.2) is 52.5 Å². The highest BCUT2D eigenvalue weighted by Crippen LogP contribution is 2.25. The van der Waals surface area contributed by atoms with Crippen molar-refractivity contribution >= 4 is 32.8 Å². The summed E-state index contributed by atoms with van der Waals surface area (Å²) in [6, 6.07) is 9.99. The topological polar surface area (TPSA) is 105 Å². The second kappa shape index (κ2) is 7.65. The fraction of sp³-hybridized carbons (Fsp3) is 0.294. The van der Waals surface area contributed by atoms with E-state index in [1.165, 1.54) is 30.1 Å². The minimum atomic E-state index is -3.77. The first-order valence-electron chi connectivity index (χ1n) is 8.23. The zero-order chi connectivity index (χ0) is 18.7. The van der Waals surface area contributed by atoms with Crippen molar-refractivity contribution in [2.24, 2.45) is 5.14 Å². The second-order valence-corrected chi connectivity index (χ2v) is 8.44. The minimum absolute atomic E-state index is 0.0461. The van der Waals surface area contributed by atoms with Gasteiger partial charge in [-0.15, -0.1) is 0 Å². The molecule has 0 aliphatic heterocycles. The quantitative estimate of drug-likeness (QED) is 0.378. The van der Waals surface area contributed by atoms with Crippen LogP contribution in [-0.4, -0.2) is 18.0 Å². The molecule has 3 aromatic rings. The maximum atomic E-state index is 11.8. The number of nitrogens with two attached hydrogens (primary N) is 1. The van der Waals surface area contributed by atoms with Crippen molar-refractivity contribution in [1.29, 1.82) is 0 Å². The van der Waals surface area contributed by atoms with Gasteiger partial charge in [0.15, 0.2) is 6.20 Å². The van der Waals surface area contributed by atoms with Crippen molar-refractivity contribution in [3.63, 3.8) is 0 Å². The fourth-order valence-electron chi connectivity index (χ4n) is 2.68. The summed E-state index contributed by atoms with van der Waals surface area (Å²) in [5.41, 5.74) is 1.45. The Kier molecular flexibility index (Phi) is 5.49. The Hall–Kier alpha value is -2.10. The van der Waals surface area contributed by atoms with Gasteiger partial charge in [-0.1, -0.05) is 13.3 Å². The van der Waals surface area contributed by atoms with Gasteiger partial charge in [-0.05, 0) is 42.4 Å². The van der Waals surface area contributed by atoms with Crippen molar-refractivity contribution in [3.8, 4) is 0 Å². The number of sulfonamides is 1. The van der Waals surface area contributed by atoms with Gasteiger partial charge in [-0.2, -0.15) is 4.73 Å². The first-order valence-corrected chi connectivity index (χ1v) is 10.8. The van der Waals surface area contributed by atoms with E-state index in [-0.39, 0.29) is 4.90 Å². The Balaban J connectivity index is 1.98. The highest BCUT2D eigenvalue weighted by atomic mass is 32.2. The molecule has 1 aromatic carbocycles. The minimum Gasteiger partial charge on any atom is -0.618 e. The van der Waals surface area contributed by atoms with Crippen molar-refractivity contribution in [3.05, 3.63) is 53.6 Å². The highest BCUT2D eigenvalue weighted by molar-refractivity contribution is 7.98. The van der Waals surface area contributed by atoms with Crippen LogP contribution < -0.4 is 9.87 Å². The molecule has 0 atom stereocenters. The lowest BCUT2D eigenvalue weighted by molar-refractivity contribution is -0.645. The molecule has 0 fully saturated rings. The van der Waals surface area contributed by atoms with E-state index in [2.05, 4.69) is 16.5 Å². The van der Waals surface area contributed by atoms with E-state index >= 15 is 0 Å². The van der Waals surface area contributed by atoms with Gasteiger partial charge in [0.25, 0.3) is 5.03 Å². The molecule has 3 rings (SSSR count). The third-order valence-electron chi connectivity index (χ3n) is 4.00. The number of pyridine rings is 1. The number of primary sulfonamides is 1. The number of aryl methyl sites for hydroxylation is 1. The number of unbranched alkanes of at least 4 members (excludes halogenated alkanes) is 1. The molecule has 0 aliphatic rings. The van der Waals surface area contributed by atoms with Crippen LogP contribution in [0.5, 0.6) is 0 Å². The van der Waals surface area contributed by atoms with Crippen LogP contribution >= 0.6 is 11.8 Å². The van der Waals surface area contributed by atoms with Gasteiger partial charge in [-0.3, -0.25) is 0 Å². The Morgan fingerprint density at radius 2 is 2.12 bits per heavy atom. The third kappa shape index (κ3) is 4.00. The summed E-state index contributed by atoms with van der Waals surface area (Å²) in [6.07, 6.45) is 3.47. The van der Waals surface area contributed by atoms with Crippen molar-refractivity contribution in [1.82, 2.24) is 9.55 Å². The molecular weight excluding hydrogens is 372 g/mol. The zero-order valence-electron chi connectivity index (χ0n) is 14.3.